The van der Waals surface area contributed by atoms with Gasteiger partial charge in [0.2, 0.25) is 12.7 Å². The van der Waals surface area contributed by atoms with Gasteiger partial charge in [-0.3, -0.25) is 4.79 Å². The lowest BCUT2D eigenvalue weighted by Gasteiger charge is -2.12. The summed E-state index contributed by atoms with van der Waals surface area (Å²) in [4.78, 5) is 12.2. The molecule has 1 heterocycles. The van der Waals surface area contributed by atoms with Gasteiger partial charge in [-0.15, -0.1) is 0 Å². The number of hydrazone groups is 1. The fourth-order valence-electron chi connectivity index (χ4n) is 3.04. The SMILES string of the molecule is O=C(Cc1ccc2c(c1)OCO2)N/N=C\c1cc(Br)c(OCc2ccc(Cl)cc2Cl)c(Br)c1. The van der Waals surface area contributed by atoms with Gasteiger partial charge >= 0.3 is 0 Å². The first-order valence-corrected chi connectivity index (χ1v) is 12.0. The Labute approximate surface area is 217 Å². The largest absolute Gasteiger partial charge is 0.486 e. The first-order valence-electron chi connectivity index (χ1n) is 9.65. The molecule has 0 aromatic heterocycles. The molecule has 0 unspecified atom stereocenters. The molecule has 0 radical (unpaired) electrons. The Morgan fingerprint density at radius 3 is 2.58 bits per heavy atom. The van der Waals surface area contributed by atoms with Crippen molar-refractivity contribution in [3.05, 3.63) is 84.2 Å². The van der Waals surface area contributed by atoms with Crippen LogP contribution in [-0.4, -0.2) is 18.9 Å². The van der Waals surface area contributed by atoms with Crippen molar-refractivity contribution in [3.63, 3.8) is 0 Å². The third-order valence-corrected chi connectivity index (χ3v) is 6.38. The summed E-state index contributed by atoms with van der Waals surface area (Å²) in [7, 11) is 0. The molecule has 10 heteroatoms. The van der Waals surface area contributed by atoms with Crippen molar-refractivity contribution in [1.82, 2.24) is 5.43 Å². The molecule has 33 heavy (non-hydrogen) atoms. The number of hydrogen-bond acceptors (Lipinski definition) is 5. The molecule has 6 nitrogen and oxygen atoms in total. The van der Waals surface area contributed by atoms with Crippen LogP contribution in [0.15, 0.2) is 62.6 Å². The van der Waals surface area contributed by atoms with Gasteiger partial charge in [-0.1, -0.05) is 35.3 Å². The van der Waals surface area contributed by atoms with E-state index >= 15 is 0 Å². The highest BCUT2D eigenvalue weighted by Gasteiger charge is 2.14. The van der Waals surface area contributed by atoms with E-state index in [9.17, 15) is 4.79 Å². The second-order valence-corrected chi connectivity index (χ2v) is 9.55. The van der Waals surface area contributed by atoms with Gasteiger partial charge < -0.3 is 14.2 Å². The van der Waals surface area contributed by atoms with Crippen LogP contribution >= 0.6 is 55.1 Å². The van der Waals surface area contributed by atoms with Gasteiger partial charge in [0.05, 0.1) is 21.6 Å². The van der Waals surface area contributed by atoms with E-state index in [0.29, 0.717) is 27.3 Å². The fourth-order valence-corrected chi connectivity index (χ4v) is 4.95. The molecule has 0 saturated carbocycles. The highest BCUT2D eigenvalue weighted by Crippen LogP contribution is 2.36. The molecule has 0 aliphatic carbocycles. The number of fused-ring (bicyclic) bond motifs is 1. The zero-order chi connectivity index (χ0) is 23.4. The van der Waals surface area contributed by atoms with Crippen LogP contribution in [0, 0.1) is 0 Å². The Morgan fingerprint density at radius 2 is 1.82 bits per heavy atom. The van der Waals surface area contributed by atoms with E-state index in [1.807, 2.05) is 24.3 Å². The molecule has 0 fully saturated rings. The summed E-state index contributed by atoms with van der Waals surface area (Å²) in [5, 5.41) is 5.15. The van der Waals surface area contributed by atoms with Crippen molar-refractivity contribution in [1.29, 1.82) is 0 Å². The van der Waals surface area contributed by atoms with Gasteiger partial charge in [0.25, 0.3) is 0 Å². The normalized spacial score (nSPS) is 12.2. The highest BCUT2D eigenvalue weighted by atomic mass is 79.9. The predicted molar refractivity (Wildman–Crippen MR) is 135 cm³/mol. The van der Waals surface area contributed by atoms with Crippen LogP contribution in [0.1, 0.15) is 16.7 Å². The zero-order valence-electron chi connectivity index (χ0n) is 16.9. The molecular formula is C23H16Br2Cl2N2O4. The van der Waals surface area contributed by atoms with Crippen molar-refractivity contribution < 1.29 is 19.0 Å². The van der Waals surface area contributed by atoms with Gasteiger partial charge in [0.1, 0.15) is 12.4 Å². The van der Waals surface area contributed by atoms with Crippen molar-refractivity contribution in [2.45, 2.75) is 13.0 Å². The van der Waals surface area contributed by atoms with Gasteiger partial charge in [0.15, 0.2) is 11.5 Å². The standard InChI is InChI=1S/C23H16Br2Cl2N2O4/c24-17-5-14(6-18(25)23(17)31-11-15-2-3-16(26)9-19(15)27)10-28-29-22(30)8-13-1-4-20-21(7-13)33-12-32-20/h1-7,9-10H,8,11-12H2,(H,29,30)/b28-10-. The molecule has 1 aliphatic rings. The van der Waals surface area contributed by atoms with Gasteiger partial charge in [-0.05, 0) is 79.4 Å². The minimum absolute atomic E-state index is 0.168. The molecule has 0 spiro atoms. The molecule has 1 aliphatic heterocycles. The van der Waals surface area contributed by atoms with Crippen molar-refractivity contribution in [2.75, 3.05) is 6.79 Å². The van der Waals surface area contributed by atoms with E-state index in [1.54, 1.807) is 30.5 Å². The molecule has 1 amide bonds. The van der Waals surface area contributed by atoms with Crippen molar-refractivity contribution in [2.24, 2.45) is 5.10 Å². The van der Waals surface area contributed by atoms with Crippen LogP contribution in [0.4, 0.5) is 0 Å². The van der Waals surface area contributed by atoms with Crippen LogP contribution in [0.2, 0.25) is 10.0 Å². The third kappa shape index (κ3) is 6.20. The first-order chi connectivity index (χ1) is 15.9. The van der Waals surface area contributed by atoms with E-state index < -0.39 is 0 Å². The number of ether oxygens (including phenoxy) is 3. The summed E-state index contributed by atoms with van der Waals surface area (Å²) in [5.74, 6) is 1.68. The number of nitrogens with one attached hydrogen (secondary N) is 1. The lowest BCUT2D eigenvalue weighted by molar-refractivity contribution is -0.120. The summed E-state index contributed by atoms with van der Waals surface area (Å²) < 4.78 is 18.0. The number of benzene rings is 3. The topological polar surface area (TPSA) is 69.2 Å². The lowest BCUT2D eigenvalue weighted by atomic mass is 10.1. The number of hydrogen-bond donors (Lipinski definition) is 1. The Balaban J connectivity index is 1.34. The minimum Gasteiger partial charge on any atom is -0.486 e. The van der Waals surface area contributed by atoms with Crippen LogP contribution in [0.5, 0.6) is 17.2 Å². The molecule has 1 N–H and O–H groups in total. The molecular weight excluding hydrogens is 599 g/mol. The summed E-state index contributed by atoms with van der Waals surface area (Å²) in [6.45, 7) is 0.468. The predicted octanol–water partition coefficient (Wildman–Crippen LogP) is 6.52. The van der Waals surface area contributed by atoms with Crippen molar-refractivity contribution >= 4 is 67.2 Å². The van der Waals surface area contributed by atoms with E-state index in [4.69, 9.17) is 37.4 Å². The second kappa shape index (κ2) is 10.8. The maximum absolute atomic E-state index is 12.2. The highest BCUT2D eigenvalue weighted by molar-refractivity contribution is 9.11. The monoisotopic (exact) mass is 612 g/mol. The summed E-state index contributed by atoms with van der Waals surface area (Å²) in [5.41, 5.74) is 4.91. The number of nitrogens with zero attached hydrogens (tertiary/aromatic N) is 1. The maximum Gasteiger partial charge on any atom is 0.244 e. The van der Waals surface area contributed by atoms with E-state index in [-0.39, 0.29) is 25.7 Å². The van der Waals surface area contributed by atoms with Gasteiger partial charge in [0, 0.05) is 15.6 Å². The van der Waals surface area contributed by atoms with E-state index in [2.05, 4.69) is 42.4 Å². The Kier molecular flexibility index (Phi) is 7.80. The Bertz CT molecular complexity index is 1210. The lowest BCUT2D eigenvalue weighted by Crippen LogP contribution is -2.19. The molecule has 3 aromatic rings. The first kappa shape index (κ1) is 23.9. The minimum atomic E-state index is -0.247. The smallest absolute Gasteiger partial charge is 0.244 e. The molecule has 4 rings (SSSR count). The van der Waals surface area contributed by atoms with Crippen molar-refractivity contribution in [3.8, 4) is 17.2 Å². The van der Waals surface area contributed by atoms with Crippen LogP contribution in [0.3, 0.4) is 0 Å². The number of halogens is 4. The van der Waals surface area contributed by atoms with E-state index in [1.165, 1.54) is 0 Å². The number of carbonyl (C=O) groups is 1. The molecule has 3 aromatic carbocycles. The number of carbonyl (C=O) groups excluding carboxylic acids is 1. The van der Waals surface area contributed by atoms with Crippen LogP contribution in [0.25, 0.3) is 0 Å². The number of rotatable bonds is 7. The van der Waals surface area contributed by atoms with Gasteiger partial charge in [-0.25, -0.2) is 5.43 Å². The molecule has 0 atom stereocenters. The molecule has 0 bridgehead atoms. The summed E-state index contributed by atoms with van der Waals surface area (Å²) >= 11 is 19.2. The summed E-state index contributed by atoms with van der Waals surface area (Å²) in [6.07, 6.45) is 1.72. The zero-order valence-corrected chi connectivity index (χ0v) is 21.6. The average Bonchev–Trinajstić information content (AvgIpc) is 3.22. The quantitative estimate of drug-likeness (QED) is 0.243. The summed E-state index contributed by atoms with van der Waals surface area (Å²) in [6, 6.07) is 14.3. The number of amides is 1. The molecule has 170 valence electrons. The fraction of sp³-hybridized carbons (Fsp3) is 0.130. The second-order valence-electron chi connectivity index (χ2n) is 7.00. The average molecular weight is 615 g/mol. The maximum atomic E-state index is 12.2. The Morgan fingerprint density at radius 1 is 1.06 bits per heavy atom. The van der Waals surface area contributed by atoms with Crippen LogP contribution in [-0.2, 0) is 17.8 Å². The van der Waals surface area contributed by atoms with Gasteiger partial charge in [-0.2, -0.15) is 5.10 Å². The Hall–Kier alpha value is -2.26. The third-order valence-electron chi connectivity index (χ3n) is 4.61. The van der Waals surface area contributed by atoms with E-state index in [0.717, 1.165) is 25.6 Å². The molecule has 0 saturated heterocycles. The van der Waals surface area contributed by atoms with Crippen LogP contribution < -0.4 is 19.6 Å².